The first kappa shape index (κ1) is 20.9. The van der Waals surface area contributed by atoms with Crippen LogP contribution in [0.5, 0.6) is 5.75 Å². The topological polar surface area (TPSA) is 84.9 Å². The molecule has 1 N–H and O–H groups in total. The zero-order valence-corrected chi connectivity index (χ0v) is 17.3. The van der Waals surface area contributed by atoms with Crippen molar-refractivity contribution in [3.05, 3.63) is 52.0 Å². The van der Waals surface area contributed by atoms with Gasteiger partial charge in [-0.3, -0.25) is 4.79 Å². The number of halogens is 2. The number of hydrogen-bond donors (Lipinski definition) is 1. The van der Waals surface area contributed by atoms with E-state index in [1.807, 2.05) is 0 Å². The van der Waals surface area contributed by atoms with E-state index < -0.39 is 15.9 Å². The van der Waals surface area contributed by atoms with Gasteiger partial charge in [0.1, 0.15) is 10.6 Å². The summed E-state index contributed by atoms with van der Waals surface area (Å²) in [7, 11) is -2.46. The van der Waals surface area contributed by atoms with Crippen LogP contribution < -0.4 is 10.1 Å². The summed E-state index contributed by atoms with van der Waals surface area (Å²) in [5.41, 5.74) is 0.555. The molecule has 1 fully saturated rings. The van der Waals surface area contributed by atoms with Crippen LogP contribution in [-0.2, 0) is 14.8 Å². The van der Waals surface area contributed by atoms with E-state index in [0.29, 0.717) is 28.9 Å². The van der Waals surface area contributed by atoms with Crippen molar-refractivity contribution in [2.75, 3.05) is 38.7 Å². The number of carbonyl (C=O) groups excluding carboxylic acids is 1. The second-order valence-corrected chi connectivity index (χ2v) is 8.77. The third-order valence-corrected chi connectivity index (χ3v) is 6.49. The van der Waals surface area contributed by atoms with Crippen molar-refractivity contribution in [2.45, 2.75) is 4.90 Å². The average molecular weight is 445 g/mol. The highest BCUT2D eigenvalue weighted by molar-refractivity contribution is 7.89. The molecule has 28 heavy (non-hydrogen) atoms. The van der Waals surface area contributed by atoms with Crippen LogP contribution in [0.25, 0.3) is 0 Å². The fraction of sp³-hybridized carbons (Fsp3) is 0.278. The summed E-state index contributed by atoms with van der Waals surface area (Å²) in [4.78, 5) is 12.5. The number of sulfonamides is 1. The Bertz CT molecular complexity index is 971. The molecular formula is C18H18Cl2N2O5S. The number of ether oxygens (including phenoxy) is 2. The van der Waals surface area contributed by atoms with Gasteiger partial charge in [0.05, 0.1) is 20.3 Å². The van der Waals surface area contributed by atoms with Crippen molar-refractivity contribution in [2.24, 2.45) is 0 Å². The molecule has 0 aromatic heterocycles. The molecule has 2 aromatic rings. The number of carbonyl (C=O) groups is 1. The molecule has 0 radical (unpaired) electrons. The Labute approximate surface area is 173 Å². The fourth-order valence-electron chi connectivity index (χ4n) is 2.77. The molecule has 0 bridgehead atoms. The number of rotatable bonds is 5. The lowest BCUT2D eigenvalue weighted by molar-refractivity contribution is 0.0729. The Hall–Kier alpha value is -1.84. The molecule has 0 aliphatic carbocycles. The summed E-state index contributed by atoms with van der Waals surface area (Å²) < 4.78 is 37.8. The average Bonchev–Trinajstić information content (AvgIpc) is 2.67. The number of morpholine rings is 1. The molecule has 1 heterocycles. The van der Waals surface area contributed by atoms with Crippen molar-refractivity contribution in [1.29, 1.82) is 0 Å². The molecule has 0 atom stereocenters. The largest absolute Gasteiger partial charge is 0.495 e. The van der Waals surface area contributed by atoms with E-state index in [2.05, 4.69) is 5.32 Å². The predicted octanol–water partition coefficient (Wildman–Crippen LogP) is 3.28. The molecule has 10 heteroatoms. The zero-order valence-electron chi connectivity index (χ0n) is 14.9. The summed E-state index contributed by atoms with van der Waals surface area (Å²) >= 11 is 11.9. The summed E-state index contributed by atoms with van der Waals surface area (Å²) in [5, 5.41) is 3.40. The fourth-order valence-corrected chi connectivity index (χ4v) is 4.89. The molecule has 2 aromatic carbocycles. The van der Waals surface area contributed by atoms with E-state index in [1.54, 1.807) is 18.2 Å². The Kier molecular flexibility index (Phi) is 6.47. The lowest BCUT2D eigenvalue weighted by Crippen LogP contribution is -2.40. The van der Waals surface area contributed by atoms with E-state index in [4.69, 9.17) is 32.7 Å². The molecule has 3 rings (SSSR count). The van der Waals surface area contributed by atoms with E-state index in [0.717, 1.165) is 0 Å². The first-order chi connectivity index (χ1) is 13.3. The van der Waals surface area contributed by atoms with Crippen molar-refractivity contribution >= 4 is 44.8 Å². The van der Waals surface area contributed by atoms with Gasteiger partial charge in [-0.1, -0.05) is 23.2 Å². The molecule has 0 unspecified atom stereocenters. The van der Waals surface area contributed by atoms with Crippen molar-refractivity contribution in [3.8, 4) is 5.75 Å². The first-order valence-corrected chi connectivity index (χ1v) is 10.5. The maximum absolute atomic E-state index is 13.0. The standard InChI is InChI=1S/C18H18Cl2N2O5S/c1-26-16-3-2-12(18(23)21-15-10-13(19)9-14(20)11-15)8-17(16)28(24,25)22-4-6-27-7-5-22/h2-3,8-11H,4-7H2,1H3,(H,21,23). The highest BCUT2D eigenvalue weighted by Crippen LogP contribution is 2.29. The molecule has 1 aliphatic rings. The van der Waals surface area contributed by atoms with E-state index in [1.165, 1.54) is 29.6 Å². The SMILES string of the molecule is COc1ccc(C(=O)Nc2cc(Cl)cc(Cl)c2)cc1S(=O)(=O)N1CCOCC1. The highest BCUT2D eigenvalue weighted by atomic mass is 35.5. The van der Waals surface area contributed by atoms with Gasteiger partial charge in [-0.25, -0.2) is 8.42 Å². The van der Waals surface area contributed by atoms with Crippen LogP contribution in [0.4, 0.5) is 5.69 Å². The number of benzene rings is 2. The predicted molar refractivity (Wildman–Crippen MR) is 107 cm³/mol. The van der Waals surface area contributed by atoms with Gasteiger partial charge in [-0.05, 0) is 36.4 Å². The van der Waals surface area contributed by atoms with Gasteiger partial charge in [-0.2, -0.15) is 4.31 Å². The Morgan fingerprint density at radius 2 is 1.75 bits per heavy atom. The van der Waals surface area contributed by atoms with Crippen LogP contribution >= 0.6 is 23.2 Å². The lowest BCUT2D eigenvalue weighted by Gasteiger charge is -2.26. The summed E-state index contributed by atoms with van der Waals surface area (Å²) in [5.74, 6) is -0.340. The second kappa shape index (κ2) is 8.67. The second-order valence-electron chi connectivity index (χ2n) is 5.99. The van der Waals surface area contributed by atoms with Crippen LogP contribution in [0.3, 0.4) is 0 Å². The van der Waals surface area contributed by atoms with Gasteiger partial charge in [-0.15, -0.1) is 0 Å². The molecule has 0 spiro atoms. The molecule has 1 saturated heterocycles. The van der Waals surface area contributed by atoms with E-state index in [-0.39, 0.29) is 29.3 Å². The number of amides is 1. The molecule has 0 saturated carbocycles. The monoisotopic (exact) mass is 444 g/mol. The molecule has 1 aliphatic heterocycles. The van der Waals surface area contributed by atoms with E-state index >= 15 is 0 Å². The maximum Gasteiger partial charge on any atom is 0.255 e. The van der Waals surface area contributed by atoms with Gasteiger partial charge in [0.2, 0.25) is 10.0 Å². The van der Waals surface area contributed by atoms with Crippen LogP contribution in [0, 0.1) is 0 Å². The summed E-state index contributed by atoms with van der Waals surface area (Å²) in [6.45, 7) is 1.11. The maximum atomic E-state index is 13.0. The highest BCUT2D eigenvalue weighted by Gasteiger charge is 2.30. The smallest absolute Gasteiger partial charge is 0.255 e. The first-order valence-electron chi connectivity index (χ1n) is 8.34. The van der Waals surface area contributed by atoms with E-state index in [9.17, 15) is 13.2 Å². The summed E-state index contributed by atoms with van der Waals surface area (Å²) in [6.07, 6.45) is 0. The van der Waals surface area contributed by atoms with Gasteiger partial charge in [0.25, 0.3) is 5.91 Å². The quantitative estimate of drug-likeness (QED) is 0.764. The number of hydrogen-bond acceptors (Lipinski definition) is 5. The number of anilines is 1. The Morgan fingerprint density at radius 1 is 1.11 bits per heavy atom. The number of nitrogens with zero attached hydrogens (tertiary/aromatic N) is 1. The van der Waals surface area contributed by atoms with Crippen LogP contribution in [-0.4, -0.2) is 52.0 Å². The van der Waals surface area contributed by atoms with Crippen molar-refractivity contribution in [1.82, 2.24) is 4.31 Å². The van der Waals surface area contributed by atoms with Gasteiger partial charge in [0, 0.05) is 34.4 Å². The molecule has 150 valence electrons. The normalized spacial score (nSPS) is 15.2. The minimum Gasteiger partial charge on any atom is -0.495 e. The van der Waals surface area contributed by atoms with Gasteiger partial charge < -0.3 is 14.8 Å². The minimum absolute atomic E-state index is 0.0753. The van der Waals surface area contributed by atoms with Gasteiger partial charge in [0.15, 0.2) is 0 Å². The van der Waals surface area contributed by atoms with Crippen LogP contribution in [0.1, 0.15) is 10.4 Å². The number of methoxy groups -OCH3 is 1. The lowest BCUT2D eigenvalue weighted by atomic mass is 10.2. The van der Waals surface area contributed by atoms with Crippen molar-refractivity contribution < 1.29 is 22.7 Å². The minimum atomic E-state index is -3.84. The number of nitrogens with one attached hydrogen (secondary N) is 1. The molecular weight excluding hydrogens is 427 g/mol. The van der Waals surface area contributed by atoms with Crippen LogP contribution in [0.15, 0.2) is 41.3 Å². The Morgan fingerprint density at radius 3 is 2.36 bits per heavy atom. The van der Waals surface area contributed by atoms with Gasteiger partial charge >= 0.3 is 0 Å². The molecule has 1 amide bonds. The third-order valence-electron chi connectivity index (χ3n) is 4.13. The molecule has 7 nitrogen and oxygen atoms in total. The zero-order chi connectivity index (χ0) is 20.3. The van der Waals surface area contributed by atoms with Crippen molar-refractivity contribution in [3.63, 3.8) is 0 Å². The summed E-state index contributed by atoms with van der Waals surface area (Å²) in [6, 6.07) is 8.86. The van der Waals surface area contributed by atoms with Crippen LogP contribution in [0.2, 0.25) is 10.0 Å². The third kappa shape index (κ3) is 4.59. The Balaban J connectivity index is 1.92.